The lowest BCUT2D eigenvalue weighted by atomic mass is 10.1. The largest absolute Gasteiger partial charge is 0.497 e. The number of alkyl halides is 3. The molecular formula is C28H29ClF3N3O5S. The van der Waals surface area contributed by atoms with Gasteiger partial charge in [0.05, 0.1) is 28.3 Å². The maximum Gasteiger partial charge on any atom is 0.416 e. The van der Waals surface area contributed by atoms with Crippen LogP contribution in [-0.2, 0) is 32.3 Å². The molecule has 3 aromatic rings. The lowest BCUT2D eigenvalue weighted by Crippen LogP contribution is -2.51. The van der Waals surface area contributed by atoms with Crippen molar-refractivity contribution in [2.24, 2.45) is 0 Å². The second-order valence-corrected chi connectivity index (χ2v) is 11.2. The number of hydrogen-bond donors (Lipinski definition) is 1. The van der Waals surface area contributed by atoms with Crippen molar-refractivity contribution in [2.75, 3.05) is 25.0 Å². The molecule has 3 aromatic carbocycles. The first-order valence-corrected chi connectivity index (χ1v) is 14.2. The van der Waals surface area contributed by atoms with Crippen molar-refractivity contribution in [2.45, 2.75) is 37.0 Å². The number of anilines is 1. The van der Waals surface area contributed by atoms with Crippen LogP contribution in [0.4, 0.5) is 18.9 Å². The van der Waals surface area contributed by atoms with E-state index in [0.717, 1.165) is 12.1 Å². The number of carbonyl (C=O) groups excluding carboxylic acids is 2. The highest BCUT2D eigenvalue weighted by molar-refractivity contribution is 7.92. The minimum absolute atomic E-state index is 0.114. The lowest BCUT2D eigenvalue weighted by Gasteiger charge is -2.33. The predicted octanol–water partition coefficient (Wildman–Crippen LogP) is 5.12. The van der Waals surface area contributed by atoms with Crippen molar-refractivity contribution in [3.63, 3.8) is 0 Å². The van der Waals surface area contributed by atoms with E-state index in [1.807, 2.05) is 0 Å². The summed E-state index contributed by atoms with van der Waals surface area (Å²) in [6, 6.07) is 14.9. The van der Waals surface area contributed by atoms with Gasteiger partial charge in [0.2, 0.25) is 11.8 Å². The van der Waals surface area contributed by atoms with Crippen LogP contribution in [0.15, 0.2) is 77.7 Å². The number of benzene rings is 3. The maximum absolute atomic E-state index is 13.9. The fourth-order valence-corrected chi connectivity index (χ4v) is 5.88. The molecule has 2 amide bonds. The highest BCUT2D eigenvalue weighted by atomic mass is 35.5. The Balaban J connectivity index is 2.16. The summed E-state index contributed by atoms with van der Waals surface area (Å²) in [7, 11) is -1.73. The van der Waals surface area contributed by atoms with Crippen molar-refractivity contribution in [3.8, 4) is 5.75 Å². The van der Waals surface area contributed by atoms with E-state index in [0.29, 0.717) is 21.7 Å². The fourth-order valence-electron chi connectivity index (χ4n) is 4.17. The molecule has 41 heavy (non-hydrogen) atoms. The summed E-state index contributed by atoms with van der Waals surface area (Å²) in [4.78, 5) is 27.6. The van der Waals surface area contributed by atoms with Crippen LogP contribution in [-0.4, -0.2) is 51.9 Å². The molecular weight excluding hydrogens is 583 g/mol. The monoisotopic (exact) mass is 611 g/mol. The molecule has 8 nitrogen and oxygen atoms in total. The van der Waals surface area contributed by atoms with Gasteiger partial charge in [-0.15, -0.1) is 0 Å². The fraction of sp³-hybridized carbons (Fsp3) is 0.286. The predicted molar refractivity (Wildman–Crippen MR) is 149 cm³/mol. The first-order valence-electron chi connectivity index (χ1n) is 12.4. The molecule has 0 aliphatic rings. The van der Waals surface area contributed by atoms with Gasteiger partial charge in [-0.25, -0.2) is 8.42 Å². The van der Waals surface area contributed by atoms with Crippen molar-refractivity contribution < 1.29 is 35.9 Å². The van der Waals surface area contributed by atoms with Gasteiger partial charge in [-0.1, -0.05) is 48.9 Å². The van der Waals surface area contributed by atoms with Gasteiger partial charge >= 0.3 is 6.18 Å². The van der Waals surface area contributed by atoms with Crippen LogP contribution in [0.2, 0.25) is 5.02 Å². The second kappa shape index (κ2) is 13.3. The van der Waals surface area contributed by atoms with Gasteiger partial charge in [0.15, 0.2) is 0 Å². The van der Waals surface area contributed by atoms with E-state index in [1.165, 1.54) is 43.3 Å². The minimum Gasteiger partial charge on any atom is -0.497 e. The second-order valence-electron chi connectivity index (χ2n) is 8.90. The number of methoxy groups -OCH3 is 1. The molecule has 1 unspecified atom stereocenters. The third-order valence-electron chi connectivity index (χ3n) is 6.27. The molecule has 0 fully saturated rings. The summed E-state index contributed by atoms with van der Waals surface area (Å²) in [5.74, 6) is -0.846. The lowest BCUT2D eigenvalue weighted by molar-refractivity contribution is -0.140. The first-order chi connectivity index (χ1) is 19.3. The Bertz CT molecular complexity index is 1490. The average molecular weight is 612 g/mol. The van der Waals surface area contributed by atoms with Gasteiger partial charge in [-0.2, -0.15) is 13.2 Å². The number of ether oxygens (including phenoxy) is 1. The van der Waals surface area contributed by atoms with E-state index in [2.05, 4.69) is 5.32 Å². The Labute approximate surface area is 241 Å². The molecule has 0 aliphatic carbocycles. The molecule has 13 heteroatoms. The Morgan fingerprint density at radius 2 is 1.71 bits per heavy atom. The van der Waals surface area contributed by atoms with Crippen LogP contribution < -0.4 is 14.4 Å². The normalized spacial score (nSPS) is 12.4. The third kappa shape index (κ3) is 7.50. The zero-order valence-electron chi connectivity index (χ0n) is 22.5. The van der Waals surface area contributed by atoms with Gasteiger partial charge in [0, 0.05) is 13.6 Å². The molecule has 0 aliphatic heterocycles. The van der Waals surface area contributed by atoms with Crippen LogP contribution >= 0.6 is 11.6 Å². The molecule has 220 valence electrons. The summed E-state index contributed by atoms with van der Waals surface area (Å²) < 4.78 is 74.2. The van der Waals surface area contributed by atoms with Gasteiger partial charge in [0.1, 0.15) is 18.3 Å². The Kier molecular flexibility index (Phi) is 10.3. The molecule has 0 aromatic heterocycles. The third-order valence-corrected chi connectivity index (χ3v) is 8.37. The molecule has 0 spiro atoms. The molecule has 1 N–H and O–H groups in total. The standard InChI is InChI=1S/C28H29ClF3N3O5S/c1-4-24(27(37)33-2)34(17-19-9-8-10-21(15-19)40-3)26(36)18-35(41(38,39)22-11-6-5-7-12-22)25-16-20(28(30,31)32)13-14-23(25)29/h5-16,24H,4,17-18H2,1-3H3,(H,33,37). The van der Waals surface area contributed by atoms with E-state index in [9.17, 15) is 31.2 Å². The summed E-state index contributed by atoms with van der Waals surface area (Å²) in [5, 5.41) is 2.18. The molecule has 0 saturated carbocycles. The van der Waals surface area contributed by atoms with Crippen molar-refractivity contribution in [1.29, 1.82) is 0 Å². The van der Waals surface area contributed by atoms with Crippen LogP contribution in [0.5, 0.6) is 5.75 Å². The van der Waals surface area contributed by atoms with E-state index in [-0.39, 0.29) is 22.9 Å². The first kappa shape index (κ1) is 31.8. The van der Waals surface area contributed by atoms with E-state index >= 15 is 0 Å². The SMILES string of the molecule is CCC(C(=O)NC)N(Cc1cccc(OC)c1)C(=O)CN(c1cc(C(F)(F)F)ccc1Cl)S(=O)(=O)c1ccccc1. The smallest absolute Gasteiger partial charge is 0.416 e. The molecule has 0 radical (unpaired) electrons. The highest BCUT2D eigenvalue weighted by Gasteiger charge is 2.36. The number of amides is 2. The Morgan fingerprint density at radius 3 is 2.29 bits per heavy atom. The van der Waals surface area contributed by atoms with Crippen LogP contribution in [0, 0.1) is 0 Å². The Hall–Kier alpha value is -3.77. The van der Waals surface area contributed by atoms with Crippen LogP contribution in [0.3, 0.4) is 0 Å². The number of hydrogen-bond acceptors (Lipinski definition) is 5. The summed E-state index contributed by atoms with van der Waals surface area (Å²) >= 11 is 6.25. The zero-order valence-corrected chi connectivity index (χ0v) is 24.1. The van der Waals surface area contributed by atoms with Crippen molar-refractivity contribution >= 4 is 39.1 Å². The number of nitrogens with zero attached hydrogens (tertiary/aromatic N) is 2. The van der Waals surface area contributed by atoms with Crippen molar-refractivity contribution in [1.82, 2.24) is 10.2 Å². The van der Waals surface area contributed by atoms with Gasteiger partial charge in [-0.3, -0.25) is 13.9 Å². The number of rotatable bonds is 11. The Morgan fingerprint density at radius 1 is 1.02 bits per heavy atom. The molecule has 0 bridgehead atoms. The average Bonchev–Trinajstić information content (AvgIpc) is 2.95. The number of likely N-dealkylation sites (N-methyl/N-ethyl adjacent to an activating group) is 1. The number of halogens is 4. The van der Waals surface area contributed by atoms with E-state index in [4.69, 9.17) is 16.3 Å². The maximum atomic E-state index is 13.9. The number of carbonyl (C=O) groups is 2. The number of nitrogens with one attached hydrogen (secondary N) is 1. The van der Waals surface area contributed by atoms with E-state index in [1.54, 1.807) is 37.3 Å². The molecule has 0 heterocycles. The molecule has 1 atom stereocenters. The number of sulfonamides is 1. The van der Waals surface area contributed by atoms with Gasteiger partial charge < -0.3 is 15.0 Å². The molecule has 3 rings (SSSR count). The van der Waals surface area contributed by atoms with E-state index < -0.39 is 51.9 Å². The quantitative estimate of drug-likeness (QED) is 0.325. The highest BCUT2D eigenvalue weighted by Crippen LogP contribution is 2.37. The summed E-state index contributed by atoms with van der Waals surface area (Å²) in [5.41, 5.74) is -1.11. The van der Waals surface area contributed by atoms with Crippen LogP contribution in [0.25, 0.3) is 0 Å². The summed E-state index contributed by atoms with van der Waals surface area (Å²) in [6.07, 6.45) is -4.64. The molecule has 0 saturated heterocycles. The van der Waals surface area contributed by atoms with Gasteiger partial charge in [0.25, 0.3) is 10.0 Å². The zero-order chi connectivity index (χ0) is 30.4. The topological polar surface area (TPSA) is 96.0 Å². The minimum atomic E-state index is -4.81. The summed E-state index contributed by atoms with van der Waals surface area (Å²) in [6.45, 7) is 0.626. The van der Waals surface area contributed by atoms with Gasteiger partial charge in [-0.05, 0) is 54.4 Å². The van der Waals surface area contributed by atoms with Crippen molar-refractivity contribution in [3.05, 3.63) is 88.9 Å². The van der Waals surface area contributed by atoms with Crippen LogP contribution in [0.1, 0.15) is 24.5 Å².